The van der Waals surface area contributed by atoms with E-state index in [1.54, 1.807) is 0 Å². The number of rotatable bonds is 6. The van der Waals surface area contributed by atoms with E-state index in [-0.39, 0.29) is 11.5 Å². The van der Waals surface area contributed by atoms with Crippen LogP contribution in [0.2, 0.25) is 0 Å². The maximum Gasteiger partial charge on any atom is 0.0649 e. The molecule has 0 radical (unpaired) electrons. The summed E-state index contributed by atoms with van der Waals surface area (Å²) in [5.41, 5.74) is 17.5. The van der Waals surface area contributed by atoms with Crippen LogP contribution in [0.1, 0.15) is 53.6 Å². The molecule has 236 valence electrons. The Morgan fingerprint density at radius 3 is 1.98 bits per heavy atom. The highest BCUT2D eigenvalue weighted by Crippen LogP contribution is 2.53. The summed E-state index contributed by atoms with van der Waals surface area (Å²) >= 11 is 0. The van der Waals surface area contributed by atoms with Crippen molar-refractivity contribution in [3.8, 4) is 33.4 Å². The van der Waals surface area contributed by atoms with Crippen LogP contribution < -0.4 is 10.6 Å². The summed E-state index contributed by atoms with van der Waals surface area (Å²) < 4.78 is 0. The third-order valence-corrected chi connectivity index (χ3v) is 10.9. The van der Waals surface area contributed by atoms with E-state index in [9.17, 15) is 0 Å². The first-order valence-corrected chi connectivity index (χ1v) is 17.3. The molecule has 49 heavy (non-hydrogen) atoms. The second-order valence-corrected chi connectivity index (χ2v) is 13.6. The van der Waals surface area contributed by atoms with Crippen molar-refractivity contribution in [2.45, 2.75) is 31.2 Å². The van der Waals surface area contributed by atoms with Gasteiger partial charge in [-0.1, -0.05) is 153 Å². The lowest BCUT2D eigenvalue weighted by Crippen LogP contribution is -2.30. The Labute approximate surface area is 289 Å². The van der Waals surface area contributed by atoms with Crippen molar-refractivity contribution >= 4 is 17.1 Å². The first-order chi connectivity index (χ1) is 24.1. The maximum atomic E-state index is 3.95. The van der Waals surface area contributed by atoms with E-state index >= 15 is 0 Å². The van der Waals surface area contributed by atoms with Gasteiger partial charge < -0.3 is 10.6 Å². The molecular formula is C47H38N2. The van der Waals surface area contributed by atoms with E-state index in [2.05, 4.69) is 194 Å². The van der Waals surface area contributed by atoms with Crippen LogP contribution in [0.5, 0.6) is 0 Å². The smallest absolute Gasteiger partial charge is 0.0649 e. The first-order valence-electron chi connectivity index (χ1n) is 17.3. The fourth-order valence-corrected chi connectivity index (χ4v) is 8.43. The Morgan fingerprint density at radius 2 is 1.18 bits per heavy atom. The van der Waals surface area contributed by atoms with Gasteiger partial charge in [0.1, 0.15) is 0 Å². The van der Waals surface area contributed by atoms with E-state index in [0.717, 1.165) is 11.4 Å². The molecule has 2 nitrogen and oxygen atoms in total. The number of anilines is 3. The number of nitrogens with one attached hydrogen (secondary N) is 2. The molecule has 7 aromatic rings. The normalized spacial score (nSPS) is 18.7. The van der Waals surface area contributed by atoms with E-state index in [4.69, 9.17) is 0 Å². The number of benzene rings is 7. The molecular weight excluding hydrogens is 593 g/mol. The monoisotopic (exact) mass is 630 g/mol. The summed E-state index contributed by atoms with van der Waals surface area (Å²) in [4.78, 5) is 0. The van der Waals surface area contributed by atoms with Gasteiger partial charge in [-0.15, -0.1) is 0 Å². The van der Waals surface area contributed by atoms with Crippen LogP contribution >= 0.6 is 0 Å². The van der Waals surface area contributed by atoms with Gasteiger partial charge >= 0.3 is 0 Å². The van der Waals surface area contributed by atoms with Crippen LogP contribution in [0.25, 0.3) is 33.4 Å². The average Bonchev–Trinajstić information content (AvgIpc) is 3.64. The number of hydrogen-bond donors (Lipinski definition) is 2. The standard InChI is InChI=1S/C47H38N2/c1-31-37-18-9-10-20-40(37)41-22-13-21-39(45(31)41)32-24-27-36(28-25-32)48-43-23-12-11-19-38(43)34-26-29-42-44(30-34)49-46(33-14-5-3-6-15-33)47(42,2)35-16-7-4-8-17-35/h3-31,46,48-49H,1-2H3. The molecule has 2 N–H and O–H groups in total. The second kappa shape index (κ2) is 11.7. The van der Waals surface area contributed by atoms with E-state index in [0.29, 0.717) is 5.92 Å². The molecule has 3 unspecified atom stereocenters. The molecule has 0 fully saturated rings. The fraction of sp³-hybridized carbons (Fsp3) is 0.106. The highest BCUT2D eigenvalue weighted by Gasteiger charge is 2.45. The second-order valence-electron chi connectivity index (χ2n) is 13.6. The van der Waals surface area contributed by atoms with Crippen LogP contribution in [0.15, 0.2) is 170 Å². The Bertz CT molecular complexity index is 2310. The summed E-state index contributed by atoms with van der Waals surface area (Å²) in [7, 11) is 0. The first kappa shape index (κ1) is 29.3. The summed E-state index contributed by atoms with van der Waals surface area (Å²) in [6.07, 6.45) is 0. The van der Waals surface area contributed by atoms with Gasteiger partial charge in [0.25, 0.3) is 0 Å². The minimum atomic E-state index is -0.213. The minimum absolute atomic E-state index is 0.122. The van der Waals surface area contributed by atoms with Crippen molar-refractivity contribution in [2.75, 3.05) is 10.6 Å². The topological polar surface area (TPSA) is 24.1 Å². The zero-order valence-electron chi connectivity index (χ0n) is 27.8. The van der Waals surface area contributed by atoms with Crippen molar-refractivity contribution in [2.24, 2.45) is 0 Å². The van der Waals surface area contributed by atoms with E-state index < -0.39 is 0 Å². The third kappa shape index (κ3) is 4.78. The highest BCUT2D eigenvalue weighted by atomic mass is 15.0. The quantitative estimate of drug-likeness (QED) is 0.191. The predicted octanol–water partition coefficient (Wildman–Crippen LogP) is 12.4. The van der Waals surface area contributed by atoms with Crippen LogP contribution in [-0.2, 0) is 5.41 Å². The van der Waals surface area contributed by atoms with E-state index in [1.807, 2.05) is 0 Å². The van der Waals surface area contributed by atoms with Gasteiger partial charge in [0.05, 0.1) is 6.04 Å². The lowest BCUT2D eigenvalue weighted by molar-refractivity contribution is 0.514. The Balaban J connectivity index is 1.03. The molecule has 7 aromatic carbocycles. The van der Waals surface area contributed by atoms with Crippen molar-refractivity contribution in [1.29, 1.82) is 0 Å². The summed E-state index contributed by atoms with van der Waals surface area (Å²) in [5.74, 6) is 0.377. The molecule has 0 bridgehead atoms. The van der Waals surface area contributed by atoms with Gasteiger partial charge in [-0.3, -0.25) is 0 Å². The molecule has 2 heteroatoms. The van der Waals surface area contributed by atoms with Crippen molar-refractivity contribution < 1.29 is 0 Å². The SMILES string of the molecule is CC1c2ccccc2-c2cccc(-c3ccc(Nc4ccccc4-c4ccc5c(c4)NC(c4ccccc4)C5(C)c4ccccc4)cc3)c21. The molecule has 0 saturated carbocycles. The van der Waals surface area contributed by atoms with Crippen molar-refractivity contribution in [3.63, 3.8) is 0 Å². The van der Waals surface area contributed by atoms with Crippen LogP contribution in [0.4, 0.5) is 17.1 Å². The largest absolute Gasteiger partial charge is 0.377 e. The zero-order valence-corrected chi connectivity index (χ0v) is 27.8. The van der Waals surface area contributed by atoms with Crippen LogP contribution in [0, 0.1) is 0 Å². The summed E-state index contributed by atoms with van der Waals surface area (Å²) in [6.45, 7) is 4.71. The number of para-hydroxylation sites is 1. The van der Waals surface area contributed by atoms with Gasteiger partial charge in [-0.25, -0.2) is 0 Å². The van der Waals surface area contributed by atoms with E-state index in [1.165, 1.54) is 66.9 Å². The molecule has 9 rings (SSSR count). The molecule has 0 aromatic heterocycles. The molecule has 0 saturated heterocycles. The maximum absolute atomic E-state index is 3.95. The zero-order chi connectivity index (χ0) is 33.0. The minimum Gasteiger partial charge on any atom is -0.377 e. The third-order valence-electron chi connectivity index (χ3n) is 10.9. The molecule has 1 heterocycles. The Morgan fingerprint density at radius 1 is 0.551 bits per heavy atom. The van der Waals surface area contributed by atoms with Crippen LogP contribution in [-0.4, -0.2) is 0 Å². The molecule has 1 aliphatic carbocycles. The lowest BCUT2D eigenvalue weighted by Gasteiger charge is -2.33. The molecule has 0 amide bonds. The van der Waals surface area contributed by atoms with Crippen molar-refractivity contribution in [3.05, 3.63) is 198 Å². The number of hydrogen-bond acceptors (Lipinski definition) is 2. The van der Waals surface area contributed by atoms with Crippen LogP contribution in [0.3, 0.4) is 0 Å². The average molecular weight is 631 g/mol. The number of fused-ring (bicyclic) bond motifs is 4. The molecule has 1 aliphatic heterocycles. The Kier molecular flexibility index (Phi) is 6.98. The molecule has 3 atom stereocenters. The molecule has 2 aliphatic rings. The predicted molar refractivity (Wildman–Crippen MR) is 206 cm³/mol. The van der Waals surface area contributed by atoms with Gasteiger partial charge in [-0.2, -0.15) is 0 Å². The van der Waals surface area contributed by atoms with Crippen molar-refractivity contribution in [1.82, 2.24) is 0 Å². The summed E-state index contributed by atoms with van der Waals surface area (Å²) in [6, 6.07) is 61.9. The summed E-state index contributed by atoms with van der Waals surface area (Å²) in [5, 5.41) is 7.70. The molecule has 0 spiro atoms. The van der Waals surface area contributed by atoms with Gasteiger partial charge in [0.2, 0.25) is 0 Å². The lowest BCUT2D eigenvalue weighted by atomic mass is 9.71. The Hall–Kier alpha value is -5.86. The highest BCUT2D eigenvalue weighted by molar-refractivity contribution is 5.88. The van der Waals surface area contributed by atoms with Gasteiger partial charge in [0, 0.05) is 34.0 Å². The van der Waals surface area contributed by atoms with Gasteiger partial charge in [0.15, 0.2) is 0 Å². The fourth-order valence-electron chi connectivity index (χ4n) is 8.43. The van der Waals surface area contributed by atoms with Gasteiger partial charge in [-0.05, 0) is 86.8 Å².